The Morgan fingerprint density at radius 3 is 2.62 bits per heavy atom. The summed E-state index contributed by atoms with van der Waals surface area (Å²) in [7, 11) is 2.35. The van der Waals surface area contributed by atoms with Gasteiger partial charge in [0.15, 0.2) is 11.6 Å². The number of anilines is 1. The van der Waals surface area contributed by atoms with E-state index in [1.54, 1.807) is 0 Å². The summed E-state index contributed by atoms with van der Waals surface area (Å²) in [5, 5.41) is 2.64. The van der Waals surface area contributed by atoms with Crippen molar-refractivity contribution in [3.63, 3.8) is 0 Å². The fourth-order valence-corrected chi connectivity index (χ4v) is 2.40. The lowest BCUT2D eigenvalue weighted by atomic mass is 10.0. The van der Waals surface area contributed by atoms with Crippen LogP contribution in [0, 0.1) is 11.7 Å². The Bertz CT molecular complexity index is 670. The standard InChI is InChI=1S/C18H22FNO6/c1-23-17(21)10-15(18(22)24-2)20-13-3-4-16(14(19)9-13)26-11-12-5-7-25-8-6-12/h3-4,9-10,12,20H,5-8,11H2,1-2H3/b15-10+. The number of rotatable bonds is 7. The van der Waals surface area contributed by atoms with Crippen LogP contribution < -0.4 is 10.1 Å². The topological polar surface area (TPSA) is 83.1 Å². The van der Waals surface area contributed by atoms with Gasteiger partial charge in [-0.05, 0) is 30.9 Å². The van der Waals surface area contributed by atoms with E-state index in [9.17, 15) is 14.0 Å². The highest BCUT2D eigenvalue weighted by Crippen LogP contribution is 2.24. The molecule has 1 N–H and O–H groups in total. The first kappa shape index (κ1) is 19.7. The zero-order valence-corrected chi connectivity index (χ0v) is 14.7. The lowest BCUT2D eigenvalue weighted by Crippen LogP contribution is -2.21. The minimum absolute atomic E-state index is 0.124. The lowest BCUT2D eigenvalue weighted by Gasteiger charge is -2.22. The van der Waals surface area contributed by atoms with Crippen LogP contribution in [0.15, 0.2) is 30.0 Å². The highest BCUT2D eigenvalue weighted by molar-refractivity contribution is 5.98. The third kappa shape index (κ3) is 5.73. The molecule has 0 amide bonds. The Labute approximate surface area is 151 Å². The van der Waals surface area contributed by atoms with Gasteiger partial charge in [-0.15, -0.1) is 0 Å². The summed E-state index contributed by atoms with van der Waals surface area (Å²) >= 11 is 0. The van der Waals surface area contributed by atoms with Gasteiger partial charge in [0.05, 0.1) is 26.9 Å². The van der Waals surface area contributed by atoms with Crippen molar-refractivity contribution in [2.45, 2.75) is 12.8 Å². The van der Waals surface area contributed by atoms with Crippen LogP contribution in [0.1, 0.15) is 12.8 Å². The quantitative estimate of drug-likeness (QED) is 0.585. The minimum Gasteiger partial charge on any atom is -0.490 e. The van der Waals surface area contributed by atoms with Gasteiger partial charge in [0, 0.05) is 25.0 Å². The molecule has 0 aliphatic carbocycles. The summed E-state index contributed by atoms with van der Waals surface area (Å²) in [5.41, 5.74) is 0.0936. The SMILES string of the molecule is COC(=O)/C=C(/Nc1ccc(OCC2CCOCC2)c(F)c1)C(=O)OC. The van der Waals surface area contributed by atoms with E-state index in [1.807, 2.05) is 0 Å². The lowest BCUT2D eigenvalue weighted by molar-refractivity contribution is -0.138. The molecular weight excluding hydrogens is 345 g/mol. The third-order valence-electron chi connectivity index (χ3n) is 3.89. The summed E-state index contributed by atoms with van der Waals surface area (Å²) in [6.45, 7) is 1.81. The number of benzene rings is 1. The fourth-order valence-electron chi connectivity index (χ4n) is 2.40. The van der Waals surface area contributed by atoms with Crippen LogP contribution in [0.3, 0.4) is 0 Å². The highest BCUT2D eigenvalue weighted by atomic mass is 19.1. The Morgan fingerprint density at radius 1 is 1.27 bits per heavy atom. The molecule has 0 atom stereocenters. The summed E-state index contributed by atoms with van der Waals surface area (Å²) in [4.78, 5) is 23.0. The molecule has 0 bridgehead atoms. The van der Waals surface area contributed by atoms with Gasteiger partial charge in [0.25, 0.3) is 0 Å². The first-order valence-electron chi connectivity index (χ1n) is 8.18. The molecule has 7 nitrogen and oxygen atoms in total. The van der Waals surface area contributed by atoms with Gasteiger partial charge < -0.3 is 24.3 Å². The van der Waals surface area contributed by atoms with Gasteiger partial charge in [-0.1, -0.05) is 0 Å². The molecule has 0 radical (unpaired) electrons. The van der Waals surface area contributed by atoms with Crippen molar-refractivity contribution in [3.8, 4) is 5.75 Å². The van der Waals surface area contributed by atoms with Gasteiger partial charge in [0.1, 0.15) is 5.70 Å². The van der Waals surface area contributed by atoms with E-state index in [-0.39, 0.29) is 17.1 Å². The van der Waals surface area contributed by atoms with E-state index in [4.69, 9.17) is 9.47 Å². The first-order valence-corrected chi connectivity index (χ1v) is 8.18. The number of hydrogen-bond donors (Lipinski definition) is 1. The molecule has 0 unspecified atom stereocenters. The number of hydrogen-bond acceptors (Lipinski definition) is 7. The number of halogens is 1. The predicted molar refractivity (Wildman–Crippen MR) is 91.2 cm³/mol. The molecular formula is C18H22FNO6. The van der Waals surface area contributed by atoms with E-state index < -0.39 is 17.8 Å². The summed E-state index contributed by atoms with van der Waals surface area (Å²) in [5.74, 6) is -1.64. The monoisotopic (exact) mass is 367 g/mol. The molecule has 1 aromatic carbocycles. The molecule has 1 aliphatic heterocycles. The second-order valence-electron chi connectivity index (χ2n) is 5.71. The molecule has 26 heavy (non-hydrogen) atoms. The van der Waals surface area contributed by atoms with Crippen LogP contribution in [0.4, 0.5) is 10.1 Å². The number of carbonyl (C=O) groups excluding carboxylic acids is 2. The van der Waals surface area contributed by atoms with Crippen molar-refractivity contribution in [2.75, 3.05) is 39.4 Å². The van der Waals surface area contributed by atoms with Crippen molar-refractivity contribution in [1.29, 1.82) is 0 Å². The molecule has 0 saturated carbocycles. The van der Waals surface area contributed by atoms with Gasteiger partial charge in [-0.25, -0.2) is 14.0 Å². The van der Waals surface area contributed by atoms with Gasteiger partial charge in [0.2, 0.25) is 0 Å². The number of nitrogens with one attached hydrogen (secondary N) is 1. The number of esters is 2. The summed E-state index contributed by atoms with van der Waals surface area (Å²) in [6.07, 6.45) is 2.71. The average Bonchev–Trinajstić information content (AvgIpc) is 2.66. The fraction of sp³-hybridized carbons (Fsp3) is 0.444. The first-order chi connectivity index (χ1) is 12.5. The maximum absolute atomic E-state index is 14.2. The molecule has 8 heteroatoms. The van der Waals surface area contributed by atoms with Crippen LogP contribution in [0.2, 0.25) is 0 Å². The van der Waals surface area contributed by atoms with Crippen molar-refractivity contribution >= 4 is 17.6 Å². The highest BCUT2D eigenvalue weighted by Gasteiger charge is 2.17. The van der Waals surface area contributed by atoms with Gasteiger partial charge in [-0.3, -0.25) is 0 Å². The zero-order valence-electron chi connectivity index (χ0n) is 14.7. The Hall–Kier alpha value is -2.61. The molecule has 0 spiro atoms. The third-order valence-corrected chi connectivity index (χ3v) is 3.89. The largest absolute Gasteiger partial charge is 0.490 e. The molecule has 142 valence electrons. The van der Waals surface area contributed by atoms with Crippen LogP contribution in [-0.4, -0.2) is 46.0 Å². The van der Waals surface area contributed by atoms with Gasteiger partial charge in [-0.2, -0.15) is 0 Å². The smallest absolute Gasteiger partial charge is 0.354 e. The van der Waals surface area contributed by atoms with E-state index >= 15 is 0 Å². The molecule has 1 aromatic rings. The van der Waals surface area contributed by atoms with E-state index in [1.165, 1.54) is 32.4 Å². The van der Waals surface area contributed by atoms with E-state index in [0.29, 0.717) is 25.7 Å². The van der Waals surface area contributed by atoms with Crippen molar-refractivity contribution < 1.29 is 32.9 Å². The van der Waals surface area contributed by atoms with Crippen LogP contribution in [-0.2, 0) is 23.8 Å². The second-order valence-corrected chi connectivity index (χ2v) is 5.71. The minimum atomic E-state index is -0.782. The van der Waals surface area contributed by atoms with Crippen molar-refractivity contribution in [2.24, 2.45) is 5.92 Å². The second kappa shape index (κ2) is 9.76. The number of methoxy groups -OCH3 is 2. The predicted octanol–water partition coefficient (Wildman–Crippen LogP) is 2.27. The molecule has 2 rings (SSSR count). The van der Waals surface area contributed by atoms with E-state index in [0.717, 1.165) is 18.9 Å². The van der Waals surface area contributed by atoms with E-state index in [2.05, 4.69) is 14.8 Å². The molecule has 1 heterocycles. The maximum atomic E-state index is 14.2. The maximum Gasteiger partial charge on any atom is 0.354 e. The van der Waals surface area contributed by atoms with Gasteiger partial charge >= 0.3 is 11.9 Å². The number of carbonyl (C=O) groups is 2. The van der Waals surface area contributed by atoms with Crippen LogP contribution in [0.25, 0.3) is 0 Å². The normalized spacial score (nSPS) is 15.3. The van der Waals surface area contributed by atoms with Crippen molar-refractivity contribution in [1.82, 2.24) is 0 Å². The molecule has 0 aromatic heterocycles. The zero-order chi connectivity index (χ0) is 18.9. The van der Waals surface area contributed by atoms with Crippen LogP contribution >= 0.6 is 0 Å². The molecule has 1 fully saturated rings. The average molecular weight is 367 g/mol. The summed E-state index contributed by atoms with van der Waals surface area (Å²) < 4.78 is 34.1. The van der Waals surface area contributed by atoms with Crippen molar-refractivity contribution in [3.05, 3.63) is 35.8 Å². The molecule has 1 saturated heterocycles. The molecule has 1 aliphatic rings. The Balaban J connectivity index is 2.03. The summed E-state index contributed by atoms with van der Waals surface area (Å²) in [6, 6.07) is 4.17. The number of ether oxygens (including phenoxy) is 4. The Morgan fingerprint density at radius 2 is 2.00 bits per heavy atom. The Kier molecular flexibility index (Phi) is 7.40. The van der Waals surface area contributed by atoms with Crippen LogP contribution in [0.5, 0.6) is 5.75 Å².